The number of ether oxygens (including phenoxy) is 1. The molecule has 0 unspecified atom stereocenters. The van der Waals surface area contributed by atoms with Gasteiger partial charge in [0.2, 0.25) is 0 Å². The molecular formula is C20H22O2. The summed E-state index contributed by atoms with van der Waals surface area (Å²) in [5.74, 6) is -0.133. The van der Waals surface area contributed by atoms with E-state index in [0.717, 1.165) is 36.8 Å². The van der Waals surface area contributed by atoms with Crippen LogP contribution >= 0.6 is 0 Å². The van der Waals surface area contributed by atoms with Crippen molar-refractivity contribution in [1.82, 2.24) is 0 Å². The lowest BCUT2D eigenvalue weighted by atomic mass is 9.88. The van der Waals surface area contributed by atoms with Gasteiger partial charge in [0.1, 0.15) is 6.10 Å². The van der Waals surface area contributed by atoms with Crippen LogP contribution in [0, 0.1) is 0 Å². The monoisotopic (exact) mass is 294 g/mol. The van der Waals surface area contributed by atoms with Gasteiger partial charge >= 0.3 is 5.97 Å². The highest BCUT2D eigenvalue weighted by Crippen LogP contribution is 2.36. The number of allylic oxidation sites excluding steroid dienone is 1. The van der Waals surface area contributed by atoms with E-state index in [2.05, 4.69) is 56.3 Å². The molecule has 1 atom stereocenters. The minimum atomic E-state index is -0.133. The zero-order valence-corrected chi connectivity index (χ0v) is 13.3. The minimum Gasteiger partial charge on any atom is -0.454 e. The van der Waals surface area contributed by atoms with Crippen LogP contribution in [-0.2, 0) is 9.53 Å². The lowest BCUT2D eigenvalue weighted by molar-refractivity contribution is -0.155. The summed E-state index contributed by atoms with van der Waals surface area (Å²) in [6.07, 6.45) is 3.98. The van der Waals surface area contributed by atoms with Gasteiger partial charge in [-0.2, -0.15) is 0 Å². The topological polar surface area (TPSA) is 26.3 Å². The van der Waals surface area contributed by atoms with Gasteiger partial charge in [-0.15, -0.1) is 0 Å². The molecule has 1 saturated heterocycles. The first-order valence-corrected chi connectivity index (χ1v) is 8.17. The fraction of sp³-hybridized carbons (Fsp3) is 0.350. The molecule has 1 aliphatic rings. The predicted octanol–water partition coefficient (Wildman–Crippen LogP) is 5.12. The Hall–Kier alpha value is -2.09. The molecule has 0 aliphatic carbocycles. The van der Waals surface area contributed by atoms with Gasteiger partial charge < -0.3 is 4.74 Å². The maximum absolute atomic E-state index is 12.0. The Bertz CT molecular complexity index is 727. The quantitative estimate of drug-likeness (QED) is 0.565. The molecule has 3 rings (SSSR count). The Balaban J connectivity index is 2.07. The molecule has 0 radical (unpaired) electrons. The van der Waals surface area contributed by atoms with E-state index in [4.69, 9.17) is 4.74 Å². The summed E-state index contributed by atoms with van der Waals surface area (Å²) in [6, 6.07) is 14.8. The van der Waals surface area contributed by atoms with Crippen LogP contribution in [0.4, 0.5) is 0 Å². The van der Waals surface area contributed by atoms with E-state index >= 15 is 0 Å². The van der Waals surface area contributed by atoms with Gasteiger partial charge in [0, 0.05) is 0 Å². The minimum absolute atomic E-state index is 0.0224. The number of benzene rings is 2. The van der Waals surface area contributed by atoms with Crippen molar-refractivity contribution in [3.05, 3.63) is 53.6 Å². The molecule has 0 aromatic heterocycles. The predicted molar refractivity (Wildman–Crippen MR) is 90.6 cm³/mol. The van der Waals surface area contributed by atoms with Gasteiger partial charge in [-0.25, -0.2) is 4.79 Å². The van der Waals surface area contributed by atoms with E-state index in [9.17, 15) is 4.79 Å². The zero-order chi connectivity index (χ0) is 15.5. The third-order valence-corrected chi connectivity index (χ3v) is 4.37. The Labute approximate surface area is 131 Å². The fourth-order valence-electron chi connectivity index (χ4n) is 3.10. The molecule has 0 spiro atoms. The Morgan fingerprint density at radius 3 is 2.55 bits per heavy atom. The number of fused-ring (bicyclic) bond motifs is 1. The normalized spacial score (nSPS) is 19.7. The van der Waals surface area contributed by atoms with Crippen molar-refractivity contribution in [2.24, 2.45) is 0 Å². The average Bonchev–Trinajstić information content (AvgIpc) is 2.55. The van der Waals surface area contributed by atoms with Crippen molar-refractivity contribution in [2.45, 2.75) is 45.6 Å². The first-order chi connectivity index (χ1) is 10.7. The van der Waals surface area contributed by atoms with Crippen molar-refractivity contribution in [3.8, 4) is 0 Å². The zero-order valence-electron chi connectivity index (χ0n) is 13.3. The standard InChI is InChI=1S/C20H22O2/c1-3-5-10-17(19-18(4-2)22-20(19)21)16-12-11-14-8-6-7-9-15(14)13-16/h6-9,11-13,18H,3-5,10H2,1-2H3/b19-17-/t18-/m0/s1. The third kappa shape index (κ3) is 2.66. The largest absolute Gasteiger partial charge is 0.454 e. The third-order valence-electron chi connectivity index (χ3n) is 4.37. The first-order valence-electron chi connectivity index (χ1n) is 8.17. The fourth-order valence-corrected chi connectivity index (χ4v) is 3.10. The summed E-state index contributed by atoms with van der Waals surface area (Å²) in [6.45, 7) is 4.24. The molecule has 22 heavy (non-hydrogen) atoms. The number of hydrogen-bond donors (Lipinski definition) is 0. The van der Waals surface area contributed by atoms with Crippen LogP contribution in [0.1, 0.15) is 45.1 Å². The number of carbonyl (C=O) groups is 1. The lowest BCUT2D eigenvalue weighted by Crippen LogP contribution is -2.37. The van der Waals surface area contributed by atoms with Gasteiger partial charge in [0.05, 0.1) is 5.57 Å². The highest BCUT2D eigenvalue weighted by atomic mass is 16.6. The smallest absolute Gasteiger partial charge is 0.338 e. The van der Waals surface area contributed by atoms with E-state index in [1.165, 1.54) is 16.3 Å². The van der Waals surface area contributed by atoms with Crippen LogP contribution < -0.4 is 0 Å². The van der Waals surface area contributed by atoms with E-state index in [1.807, 2.05) is 0 Å². The molecule has 0 amide bonds. The molecule has 2 nitrogen and oxygen atoms in total. The Morgan fingerprint density at radius 1 is 1.09 bits per heavy atom. The van der Waals surface area contributed by atoms with Gasteiger partial charge in [-0.1, -0.05) is 56.7 Å². The summed E-state index contributed by atoms with van der Waals surface area (Å²) in [5.41, 5.74) is 3.24. The molecule has 2 aromatic carbocycles. The molecule has 0 bridgehead atoms. The molecule has 0 saturated carbocycles. The summed E-state index contributed by atoms with van der Waals surface area (Å²) in [7, 11) is 0. The summed E-state index contributed by atoms with van der Waals surface area (Å²) < 4.78 is 5.27. The number of unbranched alkanes of at least 4 members (excludes halogenated alkanes) is 1. The summed E-state index contributed by atoms with van der Waals surface area (Å²) in [4.78, 5) is 12.0. The maximum atomic E-state index is 12.0. The maximum Gasteiger partial charge on any atom is 0.338 e. The van der Waals surface area contributed by atoms with Crippen LogP contribution in [0.3, 0.4) is 0 Å². The molecule has 1 heterocycles. The Kier molecular flexibility index (Phi) is 4.28. The molecule has 1 fully saturated rings. The molecule has 1 aliphatic heterocycles. The van der Waals surface area contributed by atoms with E-state index in [1.54, 1.807) is 0 Å². The lowest BCUT2D eigenvalue weighted by Gasteiger charge is -2.31. The Morgan fingerprint density at radius 2 is 1.86 bits per heavy atom. The number of carbonyl (C=O) groups excluding carboxylic acids is 1. The molecule has 2 aromatic rings. The van der Waals surface area contributed by atoms with Crippen molar-refractivity contribution >= 4 is 22.3 Å². The van der Waals surface area contributed by atoms with Crippen LogP contribution in [0.2, 0.25) is 0 Å². The number of cyclic esters (lactones) is 1. The molecule has 114 valence electrons. The van der Waals surface area contributed by atoms with E-state index < -0.39 is 0 Å². The number of hydrogen-bond acceptors (Lipinski definition) is 2. The first kappa shape index (κ1) is 14.8. The number of rotatable bonds is 5. The van der Waals surface area contributed by atoms with E-state index in [-0.39, 0.29) is 12.1 Å². The van der Waals surface area contributed by atoms with Crippen molar-refractivity contribution in [1.29, 1.82) is 0 Å². The van der Waals surface area contributed by atoms with E-state index in [0.29, 0.717) is 0 Å². The van der Waals surface area contributed by atoms with Crippen molar-refractivity contribution in [2.75, 3.05) is 0 Å². The second-order valence-corrected chi connectivity index (χ2v) is 5.86. The molecule has 2 heteroatoms. The summed E-state index contributed by atoms with van der Waals surface area (Å²) in [5, 5.41) is 2.45. The summed E-state index contributed by atoms with van der Waals surface area (Å²) >= 11 is 0. The second kappa shape index (κ2) is 6.35. The highest BCUT2D eigenvalue weighted by molar-refractivity contribution is 6.04. The van der Waals surface area contributed by atoms with Crippen LogP contribution in [-0.4, -0.2) is 12.1 Å². The van der Waals surface area contributed by atoms with Crippen molar-refractivity contribution < 1.29 is 9.53 Å². The van der Waals surface area contributed by atoms with Crippen molar-refractivity contribution in [3.63, 3.8) is 0 Å². The number of esters is 1. The van der Waals surface area contributed by atoms with Gasteiger partial charge in [0.15, 0.2) is 0 Å². The van der Waals surface area contributed by atoms with Crippen LogP contribution in [0.15, 0.2) is 48.0 Å². The average molecular weight is 294 g/mol. The van der Waals surface area contributed by atoms with Crippen LogP contribution in [0.25, 0.3) is 16.3 Å². The second-order valence-electron chi connectivity index (χ2n) is 5.86. The SMILES string of the molecule is CCCC/C(=C1/C(=O)O[C@H]1CC)c1ccc2ccccc2c1. The molecular weight excluding hydrogens is 272 g/mol. The van der Waals surface area contributed by atoms with Crippen LogP contribution in [0.5, 0.6) is 0 Å². The van der Waals surface area contributed by atoms with Gasteiger partial charge in [-0.3, -0.25) is 0 Å². The van der Waals surface area contributed by atoms with Gasteiger partial charge in [-0.05, 0) is 47.2 Å². The van der Waals surface area contributed by atoms with Gasteiger partial charge in [0.25, 0.3) is 0 Å². The molecule has 0 N–H and O–H groups in total. The highest BCUT2D eigenvalue weighted by Gasteiger charge is 2.37.